The monoisotopic (exact) mass is 352 g/mol. The number of carbonyl (C=O) groups excluding carboxylic acids is 1. The zero-order chi connectivity index (χ0) is 18.5. The SMILES string of the molecule is CCO/C1=C\CC(C)(C)C(=O)CCC(C)CCCC2(C)OC2CCO1. The lowest BCUT2D eigenvalue weighted by atomic mass is 9.81. The molecule has 0 aliphatic carbocycles. The van der Waals surface area contributed by atoms with E-state index in [0.29, 0.717) is 49.8 Å². The van der Waals surface area contributed by atoms with Crippen LogP contribution in [0.5, 0.6) is 0 Å². The summed E-state index contributed by atoms with van der Waals surface area (Å²) in [6.07, 6.45) is 8.83. The minimum atomic E-state index is -0.374. The summed E-state index contributed by atoms with van der Waals surface area (Å²) in [6, 6.07) is 0. The lowest BCUT2D eigenvalue weighted by molar-refractivity contribution is -0.127. The van der Waals surface area contributed by atoms with Gasteiger partial charge in [0.2, 0.25) is 0 Å². The number of ketones is 1. The van der Waals surface area contributed by atoms with E-state index in [9.17, 15) is 4.79 Å². The topological polar surface area (TPSA) is 48.1 Å². The fourth-order valence-corrected chi connectivity index (χ4v) is 3.56. The molecule has 2 heterocycles. The average molecular weight is 353 g/mol. The molecule has 2 aliphatic heterocycles. The number of allylic oxidation sites excluding steroid dienone is 1. The molecular formula is C21H36O4. The molecule has 1 fully saturated rings. The minimum Gasteiger partial charge on any atom is -0.466 e. The second-order valence-corrected chi connectivity index (χ2v) is 8.56. The third-order valence-electron chi connectivity index (χ3n) is 5.71. The summed E-state index contributed by atoms with van der Waals surface area (Å²) in [5.41, 5.74) is -0.353. The molecular weight excluding hydrogens is 316 g/mol. The number of hydrogen-bond acceptors (Lipinski definition) is 4. The fourth-order valence-electron chi connectivity index (χ4n) is 3.56. The van der Waals surface area contributed by atoms with Crippen LogP contribution in [0.15, 0.2) is 12.0 Å². The highest BCUT2D eigenvalue weighted by Gasteiger charge is 2.50. The molecule has 2 aliphatic rings. The van der Waals surface area contributed by atoms with E-state index in [1.165, 1.54) is 6.42 Å². The standard InChI is InChI=1S/C21H36O4/c1-6-23-19-11-14-20(3,4)17(22)10-9-16(2)8-7-13-21(5)18(25-21)12-15-24-19/h11,16,18H,6-10,12-15H2,1-5H3/b19-11+. The first-order chi connectivity index (χ1) is 11.8. The van der Waals surface area contributed by atoms with Crippen molar-refractivity contribution in [1.82, 2.24) is 0 Å². The van der Waals surface area contributed by atoms with Crippen LogP contribution in [0.4, 0.5) is 0 Å². The Hall–Kier alpha value is -1.03. The van der Waals surface area contributed by atoms with Crippen molar-refractivity contribution in [2.45, 2.75) is 91.3 Å². The third kappa shape index (κ3) is 6.02. The summed E-state index contributed by atoms with van der Waals surface area (Å²) in [6.45, 7) is 11.6. The first-order valence-corrected chi connectivity index (χ1v) is 9.94. The van der Waals surface area contributed by atoms with Crippen molar-refractivity contribution >= 4 is 5.78 Å². The van der Waals surface area contributed by atoms with E-state index < -0.39 is 0 Å². The Balaban J connectivity index is 2.03. The zero-order valence-electron chi connectivity index (χ0n) is 16.7. The summed E-state index contributed by atoms with van der Waals surface area (Å²) >= 11 is 0. The Morgan fingerprint density at radius 3 is 2.72 bits per heavy atom. The molecule has 0 aromatic carbocycles. The summed E-state index contributed by atoms with van der Waals surface area (Å²) < 4.78 is 17.3. The van der Waals surface area contributed by atoms with Crippen LogP contribution in [0.2, 0.25) is 0 Å². The van der Waals surface area contributed by atoms with Crippen molar-refractivity contribution in [2.75, 3.05) is 13.2 Å². The second-order valence-electron chi connectivity index (χ2n) is 8.56. The maximum atomic E-state index is 12.6. The van der Waals surface area contributed by atoms with Gasteiger partial charge >= 0.3 is 0 Å². The predicted octanol–water partition coefficient (Wildman–Crippen LogP) is 5.01. The molecule has 0 bridgehead atoms. The highest BCUT2D eigenvalue weighted by Crippen LogP contribution is 2.43. The first kappa shape index (κ1) is 20.3. The van der Waals surface area contributed by atoms with Gasteiger partial charge in [-0.05, 0) is 45.1 Å². The van der Waals surface area contributed by atoms with Gasteiger partial charge in [0.15, 0.2) is 0 Å². The molecule has 3 atom stereocenters. The van der Waals surface area contributed by atoms with Gasteiger partial charge in [0.25, 0.3) is 5.95 Å². The summed E-state index contributed by atoms with van der Waals surface area (Å²) in [5, 5.41) is 0. The van der Waals surface area contributed by atoms with Gasteiger partial charge < -0.3 is 14.2 Å². The van der Waals surface area contributed by atoms with E-state index >= 15 is 0 Å². The molecule has 25 heavy (non-hydrogen) atoms. The van der Waals surface area contributed by atoms with Crippen molar-refractivity contribution in [2.24, 2.45) is 11.3 Å². The number of rotatable bonds is 2. The quantitative estimate of drug-likeness (QED) is 0.655. The fraction of sp³-hybridized carbons (Fsp3) is 0.857. The number of epoxide rings is 1. The van der Waals surface area contributed by atoms with Gasteiger partial charge in [0.05, 0.1) is 24.9 Å². The first-order valence-electron chi connectivity index (χ1n) is 9.94. The number of hydrogen-bond donors (Lipinski definition) is 0. The smallest absolute Gasteiger partial charge is 0.274 e. The van der Waals surface area contributed by atoms with Gasteiger partial charge in [-0.15, -0.1) is 0 Å². The lowest BCUT2D eigenvalue weighted by Crippen LogP contribution is -2.24. The van der Waals surface area contributed by atoms with E-state index in [0.717, 1.165) is 25.7 Å². The molecule has 4 heteroatoms. The van der Waals surface area contributed by atoms with E-state index in [1.54, 1.807) is 0 Å². The second kappa shape index (κ2) is 8.57. The van der Waals surface area contributed by atoms with Crippen LogP contribution in [-0.2, 0) is 19.0 Å². The number of ether oxygens (including phenoxy) is 3. The molecule has 1 saturated heterocycles. The molecule has 4 nitrogen and oxygen atoms in total. The van der Waals surface area contributed by atoms with Crippen LogP contribution in [0, 0.1) is 11.3 Å². The molecule has 0 spiro atoms. The summed E-state index contributed by atoms with van der Waals surface area (Å²) in [4.78, 5) is 12.6. The average Bonchev–Trinajstić information content (AvgIpc) is 3.19. The molecule has 0 saturated carbocycles. The molecule has 0 aromatic rings. The molecule has 0 aromatic heterocycles. The van der Waals surface area contributed by atoms with Crippen molar-refractivity contribution < 1.29 is 19.0 Å². The van der Waals surface area contributed by atoms with Gasteiger partial charge in [-0.1, -0.05) is 33.6 Å². The maximum absolute atomic E-state index is 12.6. The third-order valence-corrected chi connectivity index (χ3v) is 5.71. The van der Waals surface area contributed by atoms with Crippen LogP contribution in [-0.4, -0.2) is 30.7 Å². The van der Waals surface area contributed by atoms with Gasteiger partial charge in [-0.2, -0.15) is 0 Å². The van der Waals surface area contributed by atoms with Crippen LogP contribution in [0.3, 0.4) is 0 Å². The maximum Gasteiger partial charge on any atom is 0.274 e. The van der Waals surface area contributed by atoms with E-state index in [4.69, 9.17) is 14.2 Å². The molecule has 0 amide bonds. The number of Topliss-reactive ketones (excluding diaryl/α,β-unsaturated/α-hetero) is 1. The van der Waals surface area contributed by atoms with Gasteiger partial charge in [-0.25, -0.2) is 0 Å². The van der Waals surface area contributed by atoms with Crippen molar-refractivity contribution in [3.8, 4) is 0 Å². The Labute approximate surface area is 153 Å². The van der Waals surface area contributed by atoms with Crippen LogP contribution in [0.1, 0.15) is 79.6 Å². The highest BCUT2D eigenvalue weighted by molar-refractivity contribution is 5.84. The number of carbonyl (C=O) groups is 1. The predicted molar refractivity (Wildman–Crippen MR) is 99.2 cm³/mol. The molecule has 0 radical (unpaired) electrons. The molecule has 2 rings (SSSR count). The van der Waals surface area contributed by atoms with E-state index in [2.05, 4.69) is 13.8 Å². The van der Waals surface area contributed by atoms with Crippen LogP contribution >= 0.6 is 0 Å². The van der Waals surface area contributed by atoms with Crippen LogP contribution in [0.25, 0.3) is 0 Å². The number of fused-ring (bicyclic) bond motifs is 1. The lowest BCUT2D eigenvalue weighted by Gasteiger charge is -2.23. The molecule has 3 unspecified atom stereocenters. The highest BCUT2D eigenvalue weighted by atomic mass is 16.7. The normalized spacial score (nSPS) is 36.5. The molecule has 0 N–H and O–H groups in total. The van der Waals surface area contributed by atoms with Crippen molar-refractivity contribution in [3.63, 3.8) is 0 Å². The Morgan fingerprint density at radius 1 is 1.24 bits per heavy atom. The Bertz CT molecular complexity index is 482. The Kier molecular flexibility index (Phi) is 6.95. The van der Waals surface area contributed by atoms with Gasteiger partial charge in [0.1, 0.15) is 5.78 Å². The summed E-state index contributed by atoms with van der Waals surface area (Å²) in [5.74, 6) is 1.47. The van der Waals surface area contributed by atoms with E-state index in [1.807, 2.05) is 26.8 Å². The van der Waals surface area contributed by atoms with Crippen molar-refractivity contribution in [3.05, 3.63) is 12.0 Å². The Morgan fingerprint density at radius 2 is 2.00 bits per heavy atom. The van der Waals surface area contributed by atoms with Crippen molar-refractivity contribution in [1.29, 1.82) is 0 Å². The van der Waals surface area contributed by atoms with E-state index in [-0.39, 0.29) is 11.0 Å². The van der Waals surface area contributed by atoms with Gasteiger partial charge in [0, 0.05) is 18.3 Å². The zero-order valence-corrected chi connectivity index (χ0v) is 16.7. The largest absolute Gasteiger partial charge is 0.466 e. The van der Waals surface area contributed by atoms with Gasteiger partial charge in [-0.3, -0.25) is 4.79 Å². The minimum absolute atomic E-state index is 0.0213. The molecule has 144 valence electrons. The summed E-state index contributed by atoms with van der Waals surface area (Å²) in [7, 11) is 0. The van der Waals surface area contributed by atoms with Crippen LogP contribution < -0.4 is 0 Å².